The summed E-state index contributed by atoms with van der Waals surface area (Å²) in [5.41, 5.74) is 0. The van der Waals surface area contributed by atoms with Crippen LogP contribution in [0.5, 0.6) is 0 Å². The molecule has 0 aromatic rings. The first-order valence-corrected chi connectivity index (χ1v) is 8.73. The minimum atomic E-state index is 0.772. The van der Waals surface area contributed by atoms with E-state index in [0.717, 1.165) is 18.1 Å². The highest BCUT2D eigenvalue weighted by Gasteiger charge is 2.41. The Hall–Kier alpha value is -0.160. The molecular weight excluding hydrogens is 248 g/mol. The van der Waals surface area contributed by atoms with Crippen molar-refractivity contribution in [1.29, 1.82) is 0 Å². The Morgan fingerprint density at radius 3 is 2.25 bits per heavy atom. The Morgan fingerprint density at radius 2 is 1.65 bits per heavy atom. The smallest absolute Gasteiger partial charge is 0.0263 e. The highest BCUT2D eigenvalue weighted by atomic mass is 15.7. The molecule has 0 aliphatic carbocycles. The number of fused-ring (bicyclic) bond motifs is 2. The number of piperidine rings is 2. The van der Waals surface area contributed by atoms with E-state index in [0.29, 0.717) is 0 Å². The monoisotopic (exact) mass is 280 g/mol. The molecule has 116 valence electrons. The maximum absolute atomic E-state index is 3.78. The van der Waals surface area contributed by atoms with Gasteiger partial charge in [0.15, 0.2) is 0 Å². The van der Waals surface area contributed by atoms with Gasteiger partial charge in [0, 0.05) is 44.3 Å². The first-order chi connectivity index (χ1) is 9.78. The number of rotatable bonds is 4. The first kappa shape index (κ1) is 14.8. The largest absolute Gasteiger partial charge is 0.314 e. The van der Waals surface area contributed by atoms with Crippen molar-refractivity contribution in [3.63, 3.8) is 0 Å². The quantitative estimate of drug-likeness (QED) is 0.843. The van der Waals surface area contributed by atoms with E-state index in [1.807, 2.05) is 0 Å². The molecule has 4 heteroatoms. The third kappa shape index (κ3) is 3.19. The molecule has 20 heavy (non-hydrogen) atoms. The van der Waals surface area contributed by atoms with Crippen LogP contribution in [-0.4, -0.2) is 72.8 Å². The molecule has 2 unspecified atom stereocenters. The molecule has 3 rings (SSSR count). The summed E-state index contributed by atoms with van der Waals surface area (Å²) in [4.78, 5) is 2.46. The number of hydrogen-bond donors (Lipinski definition) is 1. The van der Waals surface area contributed by atoms with E-state index in [1.54, 1.807) is 0 Å². The molecule has 0 aromatic carbocycles. The minimum absolute atomic E-state index is 0.772. The fourth-order valence-electron chi connectivity index (χ4n) is 4.36. The zero-order valence-corrected chi connectivity index (χ0v) is 13.4. The highest BCUT2D eigenvalue weighted by Crippen LogP contribution is 2.35. The van der Waals surface area contributed by atoms with Gasteiger partial charge in [0.1, 0.15) is 0 Å². The van der Waals surface area contributed by atoms with Gasteiger partial charge < -0.3 is 10.2 Å². The van der Waals surface area contributed by atoms with Gasteiger partial charge in [-0.2, -0.15) is 0 Å². The normalized spacial score (nSPS) is 37.2. The lowest BCUT2D eigenvalue weighted by atomic mass is 9.83. The van der Waals surface area contributed by atoms with Gasteiger partial charge in [-0.15, -0.1) is 0 Å². The third-order valence-corrected chi connectivity index (χ3v) is 5.43. The Morgan fingerprint density at radius 1 is 1.00 bits per heavy atom. The van der Waals surface area contributed by atoms with Crippen LogP contribution in [0.2, 0.25) is 0 Å². The molecule has 3 heterocycles. The lowest BCUT2D eigenvalue weighted by Crippen LogP contribution is -2.65. The molecule has 0 aromatic heterocycles. The average Bonchev–Trinajstić information content (AvgIpc) is 2.45. The Labute approximate surface area is 124 Å². The number of nitrogens with one attached hydrogen (secondary N) is 1. The molecule has 3 fully saturated rings. The number of piperazine rings is 1. The van der Waals surface area contributed by atoms with Crippen LogP contribution in [0.4, 0.5) is 0 Å². The van der Waals surface area contributed by atoms with Crippen molar-refractivity contribution in [2.75, 3.05) is 39.8 Å². The van der Waals surface area contributed by atoms with Gasteiger partial charge in [0.25, 0.3) is 0 Å². The minimum Gasteiger partial charge on any atom is -0.314 e. The van der Waals surface area contributed by atoms with E-state index in [4.69, 9.17) is 0 Å². The molecule has 0 amide bonds. The zero-order chi connectivity index (χ0) is 13.9. The van der Waals surface area contributed by atoms with Crippen LogP contribution in [0, 0.1) is 0 Å². The molecule has 0 spiro atoms. The lowest BCUT2D eigenvalue weighted by Gasteiger charge is -2.54. The molecule has 4 nitrogen and oxygen atoms in total. The second-order valence-electron chi connectivity index (χ2n) is 7.00. The zero-order valence-electron chi connectivity index (χ0n) is 13.4. The lowest BCUT2D eigenvalue weighted by molar-refractivity contribution is -0.152. The second-order valence-corrected chi connectivity index (χ2v) is 7.00. The van der Waals surface area contributed by atoms with Gasteiger partial charge in [-0.25, -0.2) is 10.0 Å². The van der Waals surface area contributed by atoms with E-state index >= 15 is 0 Å². The van der Waals surface area contributed by atoms with Gasteiger partial charge >= 0.3 is 0 Å². The van der Waals surface area contributed by atoms with Crippen molar-refractivity contribution in [2.45, 2.75) is 63.6 Å². The maximum Gasteiger partial charge on any atom is 0.0263 e. The maximum atomic E-state index is 3.78. The predicted octanol–water partition coefficient (Wildman–Crippen LogP) is 1.53. The van der Waals surface area contributed by atoms with Crippen LogP contribution >= 0.6 is 0 Å². The molecule has 2 bridgehead atoms. The standard InChI is InChI=1S/C16H32N4/c1-3-7-17-14-12-15-5-4-6-16(13-14)20(15)19-10-8-18(2)9-11-19/h14-17H,3-13H2,1-2H3. The number of likely N-dealkylation sites (N-methyl/N-ethyl adjacent to an activating group) is 1. The first-order valence-electron chi connectivity index (χ1n) is 8.73. The fourth-order valence-corrected chi connectivity index (χ4v) is 4.36. The van der Waals surface area contributed by atoms with E-state index in [1.165, 1.54) is 71.2 Å². The molecule has 0 radical (unpaired) electrons. The summed E-state index contributed by atoms with van der Waals surface area (Å²) >= 11 is 0. The van der Waals surface area contributed by atoms with Crippen molar-refractivity contribution in [2.24, 2.45) is 0 Å². The summed E-state index contributed by atoms with van der Waals surface area (Å²) in [7, 11) is 2.25. The molecule has 3 saturated heterocycles. The van der Waals surface area contributed by atoms with E-state index in [9.17, 15) is 0 Å². The van der Waals surface area contributed by atoms with Crippen molar-refractivity contribution >= 4 is 0 Å². The predicted molar refractivity (Wildman–Crippen MR) is 83.7 cm³/mol. The van der Waals surface area contributed by atoms with Crippen molar-refractivity contribution in [1.82, 2.24) is 20.2 Å². The summed E-state index contributed by atoms with van der Waals surface area (Å²) in [6, 6.07) is 2.38. The highest BCUT2D eigenvalue weighted by molar-refractivity contribution is 4.94. The SMILES string of the molecule is CCCNC1CC2CCCC(C1)N2N1CCN(C)CC1. The molecular formula is C16H32N4. The summed E-state index contributed by atoms with van der Waals surface area (Å²) in [5.74, 6) is 0. The van der Waals surface area contributed by atoms with Crippen LogP contribution in [0.1, 0.15) is 45.4 Å². The summed E-state index contributed by atoms with van der Waals surface area (Å²) in [6.07, 6.45) is 8.25. The van der Waals surface area contributed by atoms with Crippen LogP contribution in [0.15, 0.2) is 0 Å². The van der Waals surface area contributed by atoms with Crippen LogP contribution < -0.4 is 5.32 Å². The van der Waals surface area contributed by atoms with Gasteiger partial charge in [-0.05, 0) is 45.7 Å². The number of hydrogen-bond acceptors (Lipinski definition) is 4. The van der Waals surface area contributed by atoms with Gasteiger partial charge in [0.05, 0.1) is 0 Å². The van der Waals surface area contributed by atoms with Crippen LogP contribution in [0.3, 0.4) is 0 Å². The van der Waals surface area contributed by atoms with E-state index in [-0.39, 0.29) is 0 Å². The third-order valence-electron chi connectivity index (χ3n) is 5.43. The molecule has 2 atom stereocenters. The number of nitrogens with zero attached hydrogens (tertiary/aromatic N) is 3. The van der Waals surface area contributed by atoms with E-state index < -0.39 is 0 Å². The van der Waals surface area contributed by atoms with Crippen LogP contribution in [0.25, 0.3) is 0 Å². The van der Waals surface area contributed by atoms with Crippen LogP contribution in [-0.2, 0) is 0 Å². The summed E-state index contributed by atoms with van der Waals surface area (Å²) in [5, 5.41) is 9.27. The Bertz CT molecular complexity index is 287. The Balaban J connectivity index is 1.61. The van der Waals surface area contributed by atoms with Crippen molar-refractivity contribution < 1.29 is 0 Å². The van der Waals surface area contributed by atoms with Gasteiger partial charge in [-0.1, -0.05) is 13.3 Å². The molecule has 3 aliphatic heterocycles. The molecule has 1 N–H and O–H groups in total. The molecule has 0 saturated carbocycles. The summed E-state index contributed by atoms with van der Waals surface area (Å²) in [6.45, 7) is 8.39. The average molecular weight is 280 g/mol. The number of hydrazine groups is 1. The van der Waals surface area contributed by atoms with E-state index in [2.05, 4.69) is 34.2 Å². The molecule has 3 aliphatic rings. The fraction of sp³-hybridized carbons (Fsp3) is 1.00. The Kier molecular flexibility index (Phi) is 4.97. The van der Waals surface area contributed by atoms with Crippen molar-refractivity contribution in [3.05, 3.63) is 0 Å². The summed E-state index contributed by atoms with van der Waals surface area (Å²) < 4.78 is 0. The van der Waals surface area contributed by atoms with Gasteiger partial charge in [-0.3, -0.25) is 0 Å². The van der Waals surface area contributed by atoms with Crippen molar-refractivity contribution in [3.8, 4) is 0 Å². The second kappa shape index (κ2) is 6.73. The topological polar surface area (TPSA) is 21.8 Å². The van der Waals surface area contributed by atoms with Gasteiger partial charge in [0.2, 0.25) is 0 Å².